The molecule has 0 aliphatic heterocycles. The lowest BCUT2D eigenvalue weighted by atomic mass is 10.2. The van der Waals surface area contributed by atoms with Gasteiger partial charge in [-0.3, -0.25) is 5.43 Å². The summed E-state index contributed by atoms with van der Waals surface area (Å²) in [5, 5.41) is 3.96. The Hall–Kier alpha value is -2.24. The van der Waals surface area contributed by atoms with Crippen LogP contribution in [0.3, 0.4) is 0 Å². The minimum Gasteiger partial charge on any atom is -0.350 e. The second kappa shape index (κ2) is 5.17. The molecule has 0 aliphatic carbocycles. The van der Waals surface area contributed by atoms with Gasteiger partial charge in [-0.1, -0.05) is 0 Å². The number of halogens is 3. The lowest BCUT2D eigenvalue weighted by molar-refractivity contribution is -0.137. The van der Waals surface area contributed by atoms with Crippen LogP contribution in [-0.4, -0.2) is 10.8 Å². The molecule has 0 radical (unpaired) electrons. The Kier molecular flexibility index (Phi) is 3.59. The Labute approximate surface area is 108 Å². The number of nitrogens with zero attached hydrogens (tertiary/aromatic N) is 2. The molecule has 0 fully saturated rings. The van der Waals surface area contributed by atoms with E-state index in [0.29, 0.717) is 5.69 Å². The van der Waals surface area contributed by atoms with Crippen molar-refractivity contribution in [2.45, 2.75) is 6.18 Å². The van der Waals surface area contributed by atoms with E-state index in [1.54, 1.807) is 6.21 Å². The molecule has 0 atom stereocenters. The third-order valence-electron chi connectivity index (χ3n) is 2.59. The van der Waals surface area contributed by atoms with E-state index in [-0.39, 0.29) is 0 Å². The van der Waals surface area contributed by atoms with Crippen LogP contribution in [0, 0.1) is 0 Å². The Balaban J connectivity index is 2.01. The van der Waals surface area contributed by atoms with Crippen LogP contribution in [0.1, 0.15) is 11.3 Å². The minimum atomic E-state index is -4.31. The van der Waals surface area contributed by atoms with Crippen LogP contribution in [0.4, 0.5) is 18.9 Å². The number of nitrogens with one attached hydrogen (secondary N) is 1. The van der Waals surface area contributed by atoms with Gasteiger partial charge in [-0.25, -0.2) is 0 Å². The number of alkyl halides is 3. The number of rotatable bonds is 3. The van der Waals surface area contributed by atoms with Crippen LogP contribution in [-0.2, 0) is 13.2 Å². The highest BCUT2D eigenvalue weighted by atomic mass is 19.4. The molecule has 1 heterocycles. The zero-order valence-electron chi connectivity index (χ0n) is 10.1. The summed E-state index contributed by atoms with van der Waals surface area (Å²) in [7, 11) is 1.87. The lowest BCUT2D eigenvalue weighted by Crippen LogP contribution is -2.04. The Bertz CT molecular complexity index is 568. The molecule has 0 amide bonds. The zero-order valence-corrected chi connectivity index (χ0v) is 10.1. The fourth-order valence-corrected chi connectivity index (χ4v) is 1.52. The van der Waals surface area contributed by atoms with Crippen LogP contribution in [0.25, 0.3) is 0 Å². The van der Waals surface area contributed by atoms with E-state index in [1.807, 2.05) is 29.9 Å². The molecule has 19 heavy (non-hydrogen) atoms. The summed E-state index contributed by atoms with van der Waals surface area (Å²) >= 11 is 0. The number of aryl methyl sites for hydroxylation is 1. The Morgan fingerprint density at radius 1 is 1.16 bits per heavy atom. The van der Waals surface area contributed by atoms with Crippen molar-refractivity contribution < 1.29 is 13.2 Å². The molecule has 0 bridgehead atoms. The summed E-state index contributed by atoms with van der Waals surface area (Å²) in [6.07, 6.45) is -0.845. The van der Waals surface area contributed by atoms with Crippen LogP contribution in [0.5, 0.6) is 0 Å². The van der Waals surface area contributed by atoms with Crippen molar-refractivity contribution in [3.05, 3.63) is 53.9 Å². The van der Waals surface area contributed by atoms with E-state index in [9.17, 15) is 13.2 Å². The molecule has 0 unspecified atom stereocenters. The third kappa shape index (κ3) is 3.37. The second-order valence-electron chi connectivity index (χ2n) is 3.99. The zero-order chi connectivity index (χ0) is 13.9. The first kappa shape index (κ1) is 13.2. The summed E-state index contributed by atoms with van der Waals surface area (Å²) in [5.41, 5.74) is 3.39. The van der Waals surface area contributed by atoms with E-state index >= 15 is 0 Å². The van der Waals surface area contributed by atoms with Gasteiger partial charge in [-0.15, -0.1) is 0 Å². The molecule has 1 aromatic heterocycles. The van der Waals surface area contributed by atoms with Crippen LogP contribution < -0.4 is 5.43 Å². The predicted molar refractivity (Wildman–Crippen MR) is 68.1 cm³/mol. The van der Waals surface area contributed by atoms with Crippen molar-refractivity contribution in [1.82, 2.24) is 4.57 Å². The summed E-state index contributed by atoms with van der Waals surface area (Å²) in [4.78, 5) is 0. The first-order valence-corrected chi connectivity index (χ1v) is 5.54. The molecule has 0 saturated heterocycles. The molecule has 0 saturated carbocycles. The quantitative estimate of drug-likeness (QED) is 0.669. The van der Waals surface area contributed by atoms with Crippen LogP contribution in [0.2, 0.25) is 0 Å². The molecule has 3 nitrogen and oxygen atoms in total. The molecule has 2 rings (SSSR count). The van der Waals surface area contributed by atoms with E-state index in [4.69, 9.17) is 0 Å². The summed E-state index contributed by atoms with van der Waals surface area (Å²) in [5.74, 6) is 0. The first-order chi connectivity index (χ1) is 8.97. The van der Waals surface area contributed by atoms with E-state index in [0.717, 1.165) is 17.8 Å². The first-order valence-electron chi connectivity index (χ1n) is 5.54. The van der Waals surface area contributed by atoms with Crippen molar-refractivity contribution in [2.75, 3.05) is 5.43 Å². The topological polar surface area (TPSA) is 29.3 Å². The fraction of sp³-hybridized carbons (Fsp3) is 0.154. The van der Waals surface area contributed by atoms with Crippen molar-refractivity contribution in [2.24, 2.45) is 12.1 Å². The number of anilines is 1. The molecule has 2 aromatic rings. The maximum Gasteiger partial charge on any atom is 0.416 e. The highest BCUT2D eigenvalue weighted by Crippen LogP contribution is 2.29. The summed E-state index contributed by atoms with van der Waals surface area (Å²) in [6, 6.07) is 8.45. The van der Waals surface area contributed by atoms with Gasteiger partial charge in [-0.05, 0) is 36.4 Å². The number of benzene rings is 1. The monoisotopic (exact) mass is 267 g/mol. The van der Waals surface area contributed by atoms with Gasteiger partial charge in [0.2, 0.25) is 0 Å². The standard InChI is InChI=1S/C13H12F3N3/c1-19-8-2-3-12(19)9-17-18-11-6-4-10(5-7-11)13(14,15)16/h2-9,18H,1H3. The third-order valence-corrected chi connectivity index (χ3v) is 2.59. The van der Waals surface area contributed by atoms with Gasteiger partial charge >= 0.3 is 6.18 Å². The average Bonchev–Trinajstić information content (AvgIpc) is 2.75. The maximum absolute atomic E-state index is 12.3. The lowest BCUT2D eigenvalue weighted by Gasteiger charge is -2.07. The molecular formula is C13H12F3N3. The molecule has 0 aliphatic rings. The molecule has 1 N–H and O–H groups in total. The van der Waals surface area contributed by atoms with Gasteiger partial charge in [0.25, 0.3) is 0 Å². The van der Waals surface area contributed by atoms with E-state index < -0.39 is 11.7 Å². The highest BCUT2D eigenvalue weighted by molar-refractivity contribution is 5.78. The van der Waals surface area contributed by atoms with Gasteiger partial charge in [0.1, 0.15) is 0 Å². The van der Waals surface area contributed by atoms with Gasteiger partial charge in [0.15, 0.2) is 0 Å². The minimum absolute atomic E-state index is 0.499. The molecule has 6 heteroatoms. The van der Waals surface area contributed by atoms with Gasteiger partial charge in [0.05, 0.1) is 23.2 Å². The fourth-order valence-electron chi connectivity index (χ4n) is 1.52. The van der Waals surface area contributed by atoms with Crippen molar-refractivity contribution in [3.8, 4) is 0 Å². The molecule has 0 spiro atoms. The Morgan fingerprint density at radius 3 is 2.37 bits per heavy atom. The van der Waals surface area contributed by atoms with Crippen molar-refractivity contribution in [1.29, 1.82) is 0 Å². The van der Waals surface area contributed by atoms with Crippen LogP contribution in [0.15, 0.2) is 47.7 Å². The molecular weight excluding hydrogens is 255 g/mol. The molecule has 1 aromatic carbocycles. The number of aromatic nitrogens is 1. The van der Waals surface area contributed by atoms with Gasteiger partial charge in [-0.2, -0.15) is 18.3 Å². The summed E-state index contributed by atoms with van der Waals surface area (Å²) < 4.78 is 38.9. The molecule has 100 valence electrons. The van der Waals surface area contributed by atoms with Crippen molar-refractivity contribution >= 4 is 11.9 Å². The second-order valence-corrected chi connectivity index (χ2v) is 3.99. The average molecular weight is 267 g/mol. The van der Waals surface area contributed by atoms with Crippen LogP contribution >= 0.6 is 0 Å². The smallest absolute Gasteiger partial charge is 0.350 e. The predicted octanol–water partition coefficient (Wildman–Crippen LogP) is 3.49. The maximum atomic E-state index is 12.3. The number of hydrogen-bond donors (Lipinski definition) is 1. The van der Waals surface area contributed by atoms with E-state index in [1.165, 1.54) is 12.1 Å². The van der Waals surface area contributed by atoms with Gasteiger partial charge in [0, 0.05) is 13.2 Å². The van der Waals surface area contributed by atoms with E-state index in [2.05, 4.69) is 10.5 Å². The Morgan fingerprint density at radius 2 is 1.84 bits per heavy atom. The largest absolute Gasteiger partial charge is 0.416 e. The van der Waals surface area contributed by atoms with Gasteiger partial charge < -0.3 is 4.57 Å². The summed E-state index contributed by atoms with van der Waals surface area (Å²) in [6.45, 7) is 0. The number of hydrogen-bond acceptors (Lipinski definition) is 2. The van der Waals surface area contributed by atoms with Crippen molar-refractivity contribution in [3.63, 3.8) is 0 Å². The number of hydrazone groups is 1. The normalized spacial score (nSPS) is 12.0. The highest BCUT2D eigenvalue weighted by Gasteiger charge is 2.29. The SMILES string of the molecule is Cn1cccc1C=NNc1ccc(C(F)(F)F)cc1.